The lowest BCUT2D eigenvalue weighted by atomic mass is 10.1. The highest BCUT2D eigenvalue weighted by Gasteiger charge is 2.06. The van der Waals surface area contributed by atoms with Crippen molar-refractivity contribution in [2.75, 3.05) is 20.2 Å². The average molecular weight is 297 g/mol. The van der Waals surface area contributed by atoms with E-state index in [9.17, 15) is 4.79 Å². The fourth-order valence-electron chi connectivity index (χ4n) is 2.40. The molecule has 22 heavy (non-hydrogen) atoms. The zero-order chi connectivity index (χ0) is 15.8. The number of hydrogen-bond acceptors (Lipinski definition) is 3. The van der Waals surface area contributed by atoms with Crippen LogP contribution in [0.4, 0.5) is 0 Å². The molecule has 2 aromatic rings. The Bertz CT molecular complexity index is 578. The summed E-state index contributed by atoms with van der Waals surface area (Å²) in [5, 5.41) is 0. The minimum atomic E-state index is -0.286. The number of benzene rings is 2. The molecule has 3 nitrogen and oxygen atoms in total. The van der Waals surface area contributed by atoms with Gasteiger partial charge in [-0.2, -0.15) is 0 Å². The van der Waals surface area contributed by atoms with Crippen molar-refractivity contribution in [1.29, 1.82) is 0 Å². The molecule has 0 amide bonds. The molecular weight excluding hydrogens is 274 g/mol. The monoisotopic (exact) mass is 297 g/mol. The fraction of sp³-hybridized carbons (Fsp3) is 0.316. The van der Waals surface area contributed by atoms with E-state index in [4.69, 9.17) is 4.74 Å². The second-order valence-corrected chi connectivity index (χ2v) is 5.29. The van der Waals surface area contributed by atoms with E-state index in [0.29, 0.717) is 5.56 Å². The molecule has 0 radical (unpaired) electrons. The topological polar surface area (TPSA) is 29.5 Å². The number of carbonyl (C=O) groups excluding carboxylic acids is 1. The fourth-order valence-corrected chi connectivity index (χ4v) is 2.40. The van der Waals surface area contributed by atoms with Crippen molar-refractivity contribution in [3.05, 3.63) is 71.3 Å². The molecule has 0 spiro atoms. The van der Waals surface area contributed by atoms with Crippen LogP contribution in [0.25, 0.3) is 0 Å². The highest BCUT2D eigenvalue weighted by atomic mass is 16.5. The average Bonchev–Trinajstić information content (AvgIpc) is 2.59. The van der Waals surface area contributed by atoms with Gasteiger partial charge in [-0.05, 0) is 36.2 Å². The predicted molar refractivity (Wildman–Crippen MR) is 88.9 cm³/mol. The third-order valence-electron chi connectivity index (χ3n) is 3.79. The van der Waals surface area contributed by atoms with Crippen LogP contribution >= 0.6 is 0 Å². The maximum absolute atomic E-state index is 11.4. The number of esters is 1. The van der Waals surface area contributed by atoms with Crippen molar-refractivity contribution in [2.24, 2.45) is 0 Å². The molecule has 0 atom stereocenters. The molecule has 0 aromatic heterocycles. The summed E-state index contributed by atoms with van der Waals surface area (Å²) in [6.45, 7) is 5.18. The van der Waals surface area contributed by atoms with Crippen LogP contribution < -0.4 is 0 Å². The lowest BCUT2D eigenvalue weighted by Crippen LogP contribution is -2.25. The minimum Gasteiger partial charge on any atom is -0.465 e. The third-order valence-corrected chi connectivity index (χ3v) is 3.79. The van der Waals surface area contributed by atoms with Crippen molar-refractivity contribution in [3.63, 3.8) is 0 Å². The Morgan fingerprint density at radius 2 is 1.68 bits per heavy atom. The largest absolute Gasteiger partial charge is 0.465 e. The van der Waals surface area contributed by atoms with E-state index in [1.807, 2.05) is 30.3 Å². The Hall–Kier alpha value is -2.13. The number of hydrogen-bond donors (Lipinski definition) is 0. The van der Waals surface area contributed by atoms with Crippen molar-refractivity contribution in [3.8, 4) is 0 Å². The number of likely N-dealkylation sites (N-methyl/N-ethyl adjacent to an activating group) is 1. The molecule has 0 N–H and O–H groups in total. The van der Waals surface area contributed by atoms with Gasteiger partial charge in [-0.1, -0.05) is 49.4 Å². The maximum Gasteiger partial charge on any atom is 0.337 e. The zero-order valence-corrected chi connectivity index (χ0v) is 13.3. The van der Waals surface area contributed by atoms with Gasteiger partial charge in [0.2, 0.25) is 0 Å². The van der Waals surface area contributed by atoms with E-state index >= 15 is 0 Å². The summed E-state index contributed by atoms with van der Waals surface area (Å²) in [4.78, 5) is 13.8. The quantitative estimate of drug-likeness (QED) is 0.732. The van der Waals surface area contributed by atoms with E-state index in [0.717, 1.165) is 26.1 Å². The van der Waals surface area contributed by atoms with Crippen molar-refractivity contribution in [2.45, 2.75) is 19.9 Å². The normalized spacial score (nSPS) is 10.7. The second-order valence-electron chi connectivity index (χ2n) is 5.29. The lowest BCUT2D eigenvalue weighted by Gasteiger charge is -2.20. The van der Waals surface area contributed by atoms with Crippen LogP contribution in [0.5, 0.6) is 0 Å². The van der Waals surface area contributed by atoms with E-state index in [-0.39, 0.29) is 5.97 Å². The first-order valence-corrected chi connectivity index (χ1v) is 7.66. The van der Waals surface area contributed by atoms with E-state index in [2.05, 4.69) is 36.1 Å². The molecule has 2 aromatic carbocycles. The van der Waals surface area contributed by atoms with E-state index in [1.165, 1.54) is 18.2 Å². The highest BCUT2D eigenvalue weighted by Crippen LogP contribution is 2.09. The maximum atomic E-state index is 11.4. The number of rotatable bonds is 7. The van der Waals surface area contributed by atoms with Crippen LogP contribution in [-0.4, -0.2) is 31.1 Å². The van der Waals surface area contributed by atoms with Crippen LogP contribution in [0.3, 0.4) is 0 Å². The number of methoxy groups -OCH3 is 1. The van der Waals surface area contributed by atoms with Gasteiger partial charge in [-0.15, -0.1) is 0 Å². The van der Waals surface area contributed by atoms with Gasteiger partial charge in [0.15, 0.2) is 0 Å². The molecule has 0 fully saturated rings. The summed E-state index contributed by atoms with van der Waals surface area (Å²) >= 11 is 0. The van der Waals surface area contributed by atoms with Crippen molar-refractivity contribution < 1.29 is 9.53 Å². The molecule has 0 unspecified atom stereocenters. The summed E-state index contributed by atoms with van der Waals surface area (Å²) in [5.74, 6) is -0.286. The standard InChI is InChI=1S/C19H23NO2/c1-3-20(15-17-7-5-4-6-8-17)14-13-16-9-11-18(12-10-16)19(21)22-2/h4-12H,3,13-15H2,1-2H3. The Morgan fingerprint density at radius 3 is 2.27 bits per heavy atom. The number of nitrogens with zero attached hydrogens (tertiary/aromatic N) is 1. The van der Waals surface area contributed by atoms with Crippen LogP contribution in [0.1, 0.15) is 28.4 Å². The summed E-state index contributed by atoms with van der Waals surface area (Å²) in [5.41, 5.74) is 3.17. The highest BCUT2D eigenvalue weighted by molar-refractivity contribution is 5.89. The van der Waals surface area contributed by atoms with Crippen molar-refractivity contribution >= 4 is 5.97 Å². The van der Waals surface area contributed by atoms with Gasteiger partial charge in [-0.3, -0.25) is 4.90 Å². The van der Waals surface area contributed by atoms with Crippen molar-refractivity contribution in [1.82, 2.24) is 4.90 Å². The Labute approximate surface area is 132 Å². The molecule has 0 bridgehead atoms. The smallest absolute Gasteiger partial charge is 0.337 e. The van der Waals surface area contributed by atoms with Gasteiger partial charge in [-0.25, -0.2) is 4.79 Å². The van der Waals surface area contributed by atoms with E-state index in [1.54, 1.807) is 0 Å². The van der Waals surface area contributed by atoms with Gasteiger partial charge in [0.05, 0.1) is 12.7 Å². The summed E-state index contributed by atoms with van der Waals surface area (Å²) in [6.07, 6.45) is 0.974. The first-order chi connectivity index (χ1) is 10.7. The molecular formula is C19H23NO2. The van der Waals surface area contributed by atoms with Crippen LogP contribution in [-0.2, 0) is 17.7 Å². The van der Waals surface area contributed by atoms with Gasteiger partial charge >= 0.3 is 5.97 Å². The van der Waals surface area contributed by atoms with Crippen LogP contribution in [0.15, 0.2) is 54.6 Å². The minimum absolute atomic E-state index is 0.286. The summed E-state index contributed by atoms with van der Waals surface area (Å²) in [7, 11) is 1.40. The third kappa shape index (κ3) is 4.71. The van der Waals surface area contributed by atoms with Crippen LogP contribution in [0, 0.1) is 0 Å². The molecule has 0 aliphatic heterocycles. The molecule has 0 saturated carbocycles. The Kier molecular flexibility index (Phi) is 6.16. The molecule has 0 saturated heterocycles. The van der Waals surface area contributed by atoms with Gasteiger partial charge in [0.1, 0.15) is 0 Å². The first kappa shape index (κ1) is 16.2. The zero-order valence-electron chi connectivity index (χ0n) is 13.3. The van der Waals surface area contributed by atoms with Crippen LogP contribution in [0.2, 0.25) is 0 Å². The number of ether oxygens (including phenoxy) is 1. The van der Waals surface area contributed by atoms with Gasteiger partial charge in [0.25, 0.3) is 0 Å². The van der Waals surface area contributed by atoms with E-state index < -0.39 is 0 Å². The second kappa shape index (κ2) is 8.35. The molecule has 116 valence electrons. The molecule has 0 aliphatic carbocycles. The first-order valence-electron chi connectivity index (χ1n) is 7.66. The summed E-state index contributed by atoms with van der Waals surface area (Å²) in [6, 6.07) is 18.2. The van der Waals surface area contributed by atoms with Gasteiger partial charge < -0.3 is 4.74 Å². The Balaban J connectivity index is 1.89. The molecule has 0 aliphatic rings. The Morgan fingerprint density at radius 1 is 1.00 bits per heavy atom. The molecule has 3 heteroatoms. The predicted octanol–water partition coefficient (Wildman–Crippen LogP) is 3.54. The molecule has 0 heterocycles. The lowest BCUT2D eigenvalue weighted by molar-refractivity contribution is 0.0600. The number of carbonyl (C=O) groups is 1. The van der Waals surface area contributed by atoms with Gasteiger partial charge in [0, 0.05) is 13.1 Å². The molecule has 2 rings (SSSR count). The summed E-state index contributed by atoms with van der Waals surface area (Å²) < 4.78 is 4.71. The SMILES string of the molecule is CCN(CCc1ccc(C(=O)OC)cc1)Cc1ccccc1.